The van der Waals surface area contributed by atoms with Crippen molar-refractivity contribution in [2.75, 3.05) is 6.61 Å². The summed E-state index contributed by atoms with van der Waals surface area (Å²) < 4.78 is 10.6. The Hall–Kier alpha value is -3.12. The molecule has 0 saturated heterocycles. The van der Waals surface area contributed by atoms with E-state index in [9.17, 15) is 19.8 Å². The molecular weight excluding hydrogens is 336 g/mol. The number of allylic oxidation sites excluding steroid dienone is 1. The molecule has 2 N–H and O–H groups in total. The van der Waals surface area contributed by atoms with Crippen LogP contribution in [-0.2, 0) is 4.79 Å². The van der Waals surface area contributed by atoms with Crippen molar-refractivity contribution in [3.63, 3.8) is 0 Å². The fourth-order valence-electron chi connectivity index (χ4n) is 2.11. The Bertz CT molecular complexity index is 808. The van der Waals surface area contributed by atoms with Gasteiger partial charge in [-0.15, -0.1) is 0 Å². The number of esters is 1. The fourth-order valence-corrected chi connectivity index (χ4v) is 2.11. The molecule has 0 amide bonds. The van der Waals surface area contributed by atoms with Crippen LogP contribution >= 0.6 is 0 Å². The van der Waals surface area contributed by atoms with Crippen LogP contribution in [0.15, 0.2) is 60.4 Å². The summed E-state index contributed by atoms with van der Waals surface area (Å²) >= 11 is 0. The van der Waals surface area contributed by atoms with Crippen molar-refractivity contribution >= 4 is 11.8 Å². The van der Waals surface area contributed by atoms with E-state index in [1.165, 1.54) is 31.2 Å². The summed E-state index contributed by atoms with van der Waals surface area (Å²) in [6, 6.07) is 12.9. The normalized spacial score (nSPS) is 12.3. The van der Waals surface area contributed by atoms with E-state index in [1.54, 1.807) is 37.3 Å². The summed E-state index contributed by atoms with van der Waals surface area (Å²) in [7, 11) is 0. The number of carbonyl (C=O) groups is 2. The molecule has 0 fully saturated rings. The van der Waals surface area contributed by atoms with Gasteiger partial charge in [0.2, 0.25) is 0 Å². The van der Waals surface area contributed by atoms with E-state index in [-0.39, 0.29) is 29.5 Å². The maximum Gasteiger partial charge on any atom is 0.378 e. The van der Waals surface area contributed by atoms with Crippen molar-refractivity contribution in [2.45, 2.75) is 20.0 Å². The Kier molecular flexibility index (Phi) is 6.52. The van der Waals surface area contributed by atoms with Crippen LogP contribution in [0.5, 0.6) is 11.5 Å². The lowest BCUT2D eigenvalue weighted by Crippen LogP contribution is -2.15. The van der Waals surface area contributed by atoms with Crippen LogP contribution in [0, 0.1) is 0 Å². The highest BCUT2D eigenvalue weighted by molar-refractivity contribution is 6.10. The minimum atomic E-state index is -0.920. The van der Waals surface area contributed by atoms with Crippen LogP contribution < -0.4 is 9.47 Å². The summed E-state index contributed by atoms with van der Waals surface area (Å²) in [5, 5.41) is 18.8. The second-order valence-corrected chi connectivity index (χ2v) is 5.58. The van der Waals surface area contributed by atoms with Crippen molar-refractivity contribution in [1.29, 1.82) is 0 Å². The predicted octanol–water partition coefficient (Wildman–Crippen LogP) is 3.04. The first-order valence-corrected chi connectivity index (χ1v) is 8.04. The highest BCUT2D eigenvalue weighted by Gasteiger charge is 2.18. The van der Waals surface area contributed by atoms with Gasteiger partial charge < -0.3 is 19.7 Å². The Morgan fingerprint density at radius 3 is 2.46 bits per heavy atom. The lowest BCUT2D eigenvalue weighted by atomic mass is 10.0. The molecule has 2 rings (SSSR count). The first kappa shape index (κ1) is 19.2. The second-order valence-electron chi connectivity index (χ2n) is 5.58. The Labute approximate surface area is 151 Å². The number of benzene rings is 2. The van der Waals surface area contributed by atoms with Crippen LogP contribution in [0.1, 0.15) is 29.8 Å². The van der Waals surface area contributed by atoms with E-state index >= 15 is 0 Å². The average molecular weight is 356 g/mol. The van der Waals surface area contributed by atoms with Gasteiger partial charge in [0.05, 0.1) is 11.7 Å². The van der Waals surface area contributed by atoms with Crippen LogP contribution in [0.2, 0.25) is 0 Å². The third-order valence-corrected chi connectivity index (χ3v) is 3.41. The number of aliphatic hydroxyl groups excluding tert-OH is 2. The SMILES string of the molecule is CC=C(O)C(=O)Oc1ccc(C(=O)c2ccccc2)c(OCC(C)O)c1. The lowest BCUT2D eigenvalue weighted by Gasteiger charge is -2.14. The van der Waals surface area contributed by atoms with Gasteiger partial charge >= 0.3 is 5.97 Å². The molecule has 6 nitrogen and oxygen atoms in total. The number of aliphatic hydroxyl groups is 2. The molecule has 2 aromatic rings. The van der Waals surface area contributed by atoms with Gasteiger partial charge in [-0.2, -0.15) is 0 Å². The third kappa shape index (κ3) is 4.94. The number of ether oxygens (including phenoxy) is 2. The minimum Gasteiger partial charge on any atom is -0.502 e. The maximum absolute atomic E-state index is 12.7. The Balaban J connectivity index is 2.35. The molecule has 0 heterocycles. The van der Waals surface area contributed by atoms with Crippen LogP contribution in [-0.4, -0.2) is 34.7 Å². The zero-order chi connectivity index (χ0) is 19.1. The topological polar surface area (TPSA) is 93.1 Å². The smallest absolute Gasteiger partial charge is 0.378 e. The highest BCUT2D eigenvalue weighted by atomic mass is 16.5. The molecule has 0 aromatic heterocycles. The lowest BCUT2D eigenvalue weighted by molar-refractivity contribution is -0.133. The number of rotatable bonds is 7. The summed E-state index contributed by atoms with van der Waals surface area (Å²) in [5.41, 5.74) is 0.748. The predicted molar refractivity (Wildman–Crippen MR) is 95.5 cm³/mol. The molecule has 0 aliphatic carbocycles. The van der Waals surface area contributed by atoms with Crippen molar-refractivity contribution < 1.29 is 29.3 Å². The third-order valence-electron chi connectivity index (χ3n) is 3.41. The maximum atomic E-state index is 12.7. The quantitative estimate of drug-likeness (QED) is 0.260. The molecule has 0 aliphatic rings. The molecule has 6 heteroatoms. The van der Waals surface area contributed by atoms with Gasteiger partial charge in [-0.25, -0.2) is 4.79 Å². The molecule has 1 atom stereocenters. The van der Waals surface area contributed by atoms with Crippen molar-refractivity contribution in [2.24, 2.45) is 0 Å². The standard InChI is InChI=1S/C20H20O6/c1-3-17(22)20(24)26-15-9-10-16(18(11-15)25-12-13(2)21)19(23)14-7-5-4-6-8-14/h3-11,13,21-22H,12H2,1-2H3. The zero-order valence-electron chi connectivity index (χ0n) is 14.5. The molecule has 1 unspecified atom stereocenters. The molecule has 0 aliphatic heterocycles. The van der Waals surface area contributed by atoms with Crippen molar-refractivity contribution in [1.82, 2.24) is 0 Å². The van der Waals surface area contributed by atoms with Gasteiger partial charge in [0.1, 0.15) is 18.1 Å². The van der Waals surface area contributed by atoms with E-state index in [4.69, 9.17) is 9.47 Å². The molecular formula is C20H20O6. The molecule has 26 heavy (non-hydrogen) atoms. The second kappa shape index (κ2) is 8.82. The van der Waals surface area contributed by atoms with Crippen molar-refractivity contribution in [3.8, 4) is 11.5 Å². The van der Waals surface area contributed by atoms with E-state index < -0.39 is 17.8 Å². The molecule has 136 valence electrons. The zero-order valence-corrected chi connectivity index (χ0v) is 14.5. The van der Waals surface area contributed by atoms with Gasteiger partial charge in [0.25, 0.3) is 0 Å². The summed E-state index contributed by atoms with van der Waals surface area (Å²) in [6.45, 7) is 3.01. The summed E-state index contributed by atoms with van der Waals surface area (Å²) in [6.07, 6.45) is 0.466. The van der Waals surface area contributed by atoms with Crippen LogP contribution in [0.4, 0.5) is 0 Å². The van der Waals surface area contributed by atoms with Gasteiger partial charge in [-0.3, -0.25) is 4.79 Å². The van der Waals surface area contributed by atoms with Gasteiger partial charge in [0, 0.05) is 11.6 Å². The van der Waals surface area contributed by atoms with Gasteiger partial charge in [0.15, 0.2) is 11.5 Å². The van der Waals surface area contributed by atoms with E-state index in [0.717, 1.165) is 0 Å². The fraction of sp³-hybridized carbons (Fsp3) is 0.200. The summed E-state index contributed by atoms with van der Waals surface area (Å²) in [5.74, 6) is -1.43. The summed E-state index contributed by atoms with van der Waals surface area (Å²) in [4.78, 5) is 24.4. The molecule has 0 spiro atoms. The highest BCUT2D eigenvalue weighted by Crippen LogP contribution is 2.28. The number of hydrogen-bond donors (Lipinski definition) is 2. The first-order valence-electron chi connectivity index (χ1n) is 8.04. The number of ketones is 1. The molecule has 0 radical (unpaired) electrons. The molecule has 0 saturated carbocycles. The molecule has 0 bridgehead atoms. The average Bonchev–Trinajstić information content (AvgIpc) is 2.65. The van der Waals surface area contributed by atoms with Crippen molar-refractivity contribution in [3.05, 3.63) is 71.5 Å². The van der Waals surface area contributed by atoms with Crippen LogP contribution in [0.25, 0.3) is 0 Å². The van der Waals surface area contributed by atoms with E-state index in [0.29, 0.717) is 5.56 Å². The van der Waals surface area contributed by atoms with Crippen LogP contribution in [0.3, 0.4) is 0 Å². The van der Waals surface area contributed by atoms with E-state index in [2.05, 4.69) is 0 Å². The monoisotopic (exact) mass is 356 g/mol. The van der Waals surface area contributed by atoms with Gasteiger partial charge in [-0.1, -0.05) is 30.3 Å². The number of hydrogen-bond acceptors (Lipinski definition) is 6. The van der Waals surface area contributed by atoms with Gasteiger partial charge in [-0.05, 0) is 32.1 Å². The minimum absolute atomic E-state index is 0.0351. The largest absolute Gasteiger partial charge is 0.502 e. The van der Waals surface area contributed by atoms with E-state index in [1.807, 2.05) is 0 Å². The Morgan fingerprint density at radius 2 is 1.85 bits per heavy atom. The number of carbonyl (C=O) groups excluding carboxylic acids is 2. The first-order chi connectivity index (χ1) is 12.4. The Morgan fingerprint density at radius 1 is 1.15 bits per heavy atom. The molecule has 2 aromatic carbocycles.